The van der Waals surface area contributed by atoms with Crippen LogP contribution in [0.3, 0.4) is 0 Å². The second kappa shape index (κ2) is 8.97. The molecular weight excluding hydrogens is 387 g/mol. The summed E-state index contributed by atoms with van der Waals surface area (Å²) < 4.78 is 45.9. The molecule has 2 aliphatic rings. The zero-order chi connectivity index (χ0) is 20.3. The first kappa shape index (κ1) is 21.3. The van der Waals surface area contributed by atoms with Gasteiger partial charge >= 0.3 is 6.18 Å². The lowest BCUT2D eigenvalue weighted by molar-refractivity contribution is -0.138. The van der Waals surface area contributed by atoms with E-state index in [9.17, 15) is 13.2 Å². The van der Waals surface area contributed by atoms with Crippen LogP contribution < -0.4 is 15.4 Å². The Bertz CT molecular complexity index is 723. The summed E-state index contributed by atoms with van der Waals surface area (Å²) >= 11 is 1.64. The van der Waals surface area contributed by atoms with Crippen molar-refractivity contribution in [3.8, 4) is 5.75 Å². The molecule has 2 unspecified atom stereocenters. The predicted octanol–water partition coefficient (Wildman–Crippen LogP) is 4.49. The lowest BCUT2D eigenvalue weighted by Gasteiger charge is -2.24. The maximum atomic E-state index is 13.6. The van der Waals surface area contributed by atoms with Crippen molar-refractivity contribution in [2.24, 2.45) is 0 Å². The normalized spacial score (nSPS) is 23.4. The molecule has 1 saturated heterocycles. The van der Waals surface area contributed by atoms with Gasteiger partial charge in [-0.15, -0.1) is 0 Å². The highest BCUT2D eigenvalue weighted by Crippen LogP contribution is 2.41. The Morgan fingerprint density at radius 3 is 2.75 bits per heavy atom. The first-order valence-electron chi connectivity index (χ1n) is 9.79. The molecule has 1 fully saturated rings. The summed E-state index contributed by atoms with van der Waals surface area (Å²) in [6, 6.07) is 4.89. The Morgan fingerprint density at radius 2 is 2.11 bits per heavy atom. The minimum atomic E-state index is -4.46. The first-order chi connectivity index (χ1) is 13.4. The van der Waals surface area contributed by atoms with Gasteiger partial charge in [0.25, 0.3) is 0 Å². The van der Waals surface area contributed by atoms with Crippen LogP contribution >= 0.6 is 11.8 Å². The van der Waals surface area contributed by atoms with Crippen molar-refractivity contribution in [2.45, 2.75) is 50.8 Å². The number of ether oxygens (including phenoxy) is 1. The van der Waals surface area contributed by atoms with E-state index in [1.807, 2.05) is 7.05 Å². The molecule has 0 aliphatic carbocycles. The summed E-state index contributed by atoms with van der Waals surface area (Å²) in [5.41, 5.74) is 0.544. The smallest absolute Gasteiger partial charge is 0.419 e. The molecule has 2 atom stereocenters. The van der Waals surface area contributed by atoms with E-state index in [1.54, 1.807) is 24.8 Å². The lowest BCUT2D eigenvalue weighted by atomic mass is 10.1. The Hall–Kier alpha value is -1.38. The van der Waals surface area contributed by atoms with Gasteiger partial charge in [-0.05, 0) is 63.5 Å². The van der Waals surface area contributed by atoms with E-state index in [-0.39, 0.29) is 17.9 Å². The molecule has 8 heteroatoms. The molecular formula is C20H28F3N3OS. The summed E-state index contributed by atoms with van der Waals surface area (Å²) in [6.07, 6.45) is -1.00. The average molecular weight is 416 g/mol. The third kappa shape index (κ3) is 4.60. The summed E-state index contributed by atoms with van der Waals surface area (Å²) in [4.78, 5) is 3.53. The topological polar surface area (TPSA) is 36.5 Å². The fraction of sp³-hybridized carbons (Fsp3) is 0.600. The highest BCUT2D eigenvalue weighted by atomic mass is 32.2. The second-order valence-corrected chi connectivity index (χ2v) is 8.25. The molecule has 2 heterocycles. The molecule has 1 aromatic carbocycles. The Morgan fingerprint density at radius 1 is 1.32 bits per heavy atom. The van der Waals surface area contributed by atoms with Crippen LogP contribution in [0.4, 0.5) is 13.2 Å². The van der Waals surface area contributed by atoms with Gasteiger partial charge in [0.1, 0.15) is 11.2 Å². The number of nitrogens with zero attached hydrogens (tertiary/aromatic N) is 1. The predicted molar refractivity (Wildman–Crippen MR) is 108 cm³/mol. The van der Waals surface area contributed by atoms with E-state index in [4.69, 9.17) is 4.74 Å². The number of alkyl halides is 3. The summed E-state index contributed by atoms with van der Waals surface area (Å²) in [5, 5.41) is 6.51. The zero-order valence-corrected chi connectivity index (χ0v) is 17.3. The molecule has 0 aromatic heterocycles. The Labute approximate surface area is 168 Å². The van der Waals surface area contributed by atoms with Gasteiger partial charge in [0.15, 0.2) is 0 Å². The zero-order valence-electron chi connectivity index (χ0n) is 16.5. The van der Waals surface area contributed by atoms with Crippen molar-refractivity contribution >= 4 is 17.5 Å². The van der Waals surface area contributed by atoms with Crippen LogP contribution in [0.5, 0.6) is 5.75 Å². The number of halogens is 3. The quantitative estimate of drug-likeness (QED) is 0.686. The van der Waals surface area contributed by atoms with Crippen molar-refractivity contribution in [2.75, 3.05) is 26.7 Å². The van der Waals surface area contributed by atoms with Crippen LogP contribution in [0.15, 0.2) is 23.1 Å². The van der Waals surface area contributed by atoms with Crippen molar-refractivity contribution in [3.63, 3.8) is 0 Å². The van der Waals surface area contributed by atoms with Gasteiger partial charge in [0.05, 0.1) is 17.9 Å². The second-order valence-electron chi connectivity index (χ2n) is 7.05. The molecule has 28 heavy (non-hydrogen) atoms. The van der Waals surface area contributed by atoms with Gasteiger partial charge in [-0.1, -0.05) is 18.7 Å². The standard InChI is InChI=1S/C20H28F3N3OS/c1-4-14-7-6-10-26(14)12-17-18(25-19(24-3)28-17)13-8-9-16(27-5-2)15(11-13)20(21,22)23/h8-9,11,14,19,24-25H,4-7,10,12H2,1-3H3. The molecule has 0 saturated carbocycles. The monoisotopic (exact) mass is 415 g/mol. The summed E-state index contributed by atoms with van der Waals surface area (Å²) in [6.45, 7) is 5.87. The van der Waals surface area contributed by atoms with E-state index in [2.05, 4.69) is 22.5 Å². The minimum absolute atomic E-state index is 0.0476. The summed E-state index contributed by atoms with van der Waals surface area (Å²) in [7, 11) is 1.84. The van der Waals surface area contributed by atoms with Gasteiger partial charge in [-0.25, -0.2) is 0 Å². The fourth-order valence-electron chi connectivity index (χ4n) is 3.87. The largest absolute Gasteiger partial charge is 0.493 e. The molecule has 156 valence electrons. The number of thioether (sulfide) groups is 1. The van der Waals surface area contributed by atoms with Crippen molar-refractivity contribution in [3.05, 3.63) is 34.2 Å². The number of hydrogen-bond acceptors (Lipinski definition) is 5. The number of benzene rings is 1. The highest BCUT2D eigenvalue weighted by molar-refractivity contribution is 8.04. The lowest BCUT2D eigenvalue weighted by Crippen LogP contribution is -2.32. The Balaban J connectivity index is 1.95. The fourth-order valence-corrected chi connectivity index (χ4v) is 4.99. The maximum Gasteiger partial charge on any atom is 0.419 e. The van der Waals surface area contributed by atoms with E-state index >= 15 is 0 Å². The maximum absolute atomic E-state index is 13.6. The van der Waals surface area contributed by atoms with Gasteiger partial charge in [0, 0.05) is 17.5 Å². The number of hydrogen-bond donors (Lipinski definition) is 2. The molecule has 0 spiro atoms. The molecule has 4 nitrogen and oxygen atoms in total. The number of rotatable bonds is 7. The van der Waals surface area contributed by atoms with Crippen LogP contribution in [0.25, 0.3) is 5.70 Å². The van der Waals surface area contributed by atoms with Gasteiger partial charge in [0.2, 0.25) is 0 Å². The number of likely N-dealkylation sites (tertiary alicyclic amines) is 1. The van der Waals surface area contributed by atoms with Crippen LogP contribution in [0, 0.1) is 0 Å². The van der Waals surface area contributed by atoms with Gasteiger partial charge in [-0.3, -0.25) is 10.2 Å². The summed E-state index contributed by atoms with van der Waals surface area (Å²) in [5.74, 6) is -0.123. The molecule has 2 N–H and O–H groups in total. The number of nitrogens with one attached hydrogen (secondary N) is 2. The van der Waals surface area contributed by atoms with Crippen molar-refractivity contribution in [1.82, 2.24) is 15.5 Å². The Kier molecular flexibility index (Phi) is 6.83. The molecule has 0 amide bonds. The van der Waals surface area contributed by atoms with Crippen molar-refractivity contribution in [1.29, 1.82) is 0 Å². The SMILES string of the molecule is CCOc1ccc(C2=C(CN3CCCC3CC)SC(NC)N2)cc1C(F)(F)F. The third-order valence-corrected chi connectivity index (χ3v) is 6.47. The van der Waals surface area contributed by atoms with Crippen molar-refractivity contribution < 1.29 is 17.9 Å². The highest BCUT2D eigenvalue weighted by Gasteiger charge is 2.36. The minimum Gasteiger partial charge on any atom is -0.493 e. The van der Waals surface area contributed by atoms with Gasteiger partial charge < -0.3 is 10.1 Å². The van der Waals surface area contributed by atoms with Crippen LogP contribution in [0.1, 0.15) is 44.2 Å². The molecule has 2 aliphatic heterocycles. The first-order valence-corrected chi connectivity index (χ1v) is 10.7. The molecule has 1 aromatic rings. The van der Waals surface area contributed by atoms with Crippen LogP contribution in [-0.2, 0) is 6.18 Å². The van der Waals surface area contributed by atoms with E-state index in [1.165, 1.54) is 25.0 Å². The van der Waals surface area contributed by atoms with E-state index in [0.29, 0.717) is 11.6 Å². The van der Waals surface area contributed by atoms with Gasteiger partial charge in [-0.2, -0.15) is 13.2 Å². The third-order valence-electron chi connectivity index (χ3n) is 5.27. The molecule has 3 rings (SSSR count). The molecule has 0 bridgehead atoms. The van der Waals surface area contributed by atoms with Crippen LogP contribution in [0.2, 0.25) is 0 Å². The molecule has 0 radical (unpaired) electrons. The van der Waals surface area contributed by atoms with E-state index < -0.39 is 11.7 Å². The average Bonchev–Trinajstić information content (AvgIpc) is 3.28. The van der Waals surface area contributed by atoms with E-state index in [0.717, 1.165) is 30.1 Å². The van der Waals surface area contributed by atoms with Crippen LogP contribution in [-0.4, -0.2) is 43.2 Å².